The summed E-state index contributed by atoms with van der Waals surface area (Å²) in [5.41, 5.74) is 2.06. The molecule has 1 N–H and O–H groups in total. The second-order valence-corrected chi connectivity index (χ2v) is 6.28. The second-order valence-electron chi connectivity index (χ2n) is 6.28. The molecule has 4 nitrogen and oxygen atoms in total. The molecule has 0 saturated heterocycles. The minimum Gasteiger partial charge on any atom is -0.508 e. The van der Waals surface area contributed by atoms with Crippen molar-refractivity contribution in [3.63, 3.8) is 0 Å². The molecule has 0 radical (unpaired) electrons. The van der Waals surface area contributed by atoms with Gasteiger partial charge in [0, 0.05) is 25.1 Å². The summed E-state index contributed by atoms with van der Waals surface area (Å²) in [6.45, 7) is 3.10. The minimum atomic E-state index is 0.0102. The molecule has 2 atom stereocenters. The topological polar surface area (TPSA) is 49.8 Å². The number of rotatable bonds is 6. The number of hydrogen-bond donors (Lipinski definition) is 1. The van der Waals surface area contributed by atoms with Gasteiger partial charge in [-0.3, -0.25) is 4.79 Å². The van der Waals surface area contributed by atoms with Crippen LogP contribution in [0.5, 0.6) is 11.5 Å². The third-order valence-electron chi connectivity index (χ3n) is 4.46. The summed E-state index contributed by atoms with van der Waals surface area (Å²) in [6.07, 6.45) is 0.847. The SMILES string of the molecule is CCOc1ccccc1CN(C)C(=O)[C@H]1C[C@@H]1c1cccc(O)c1. The maximum atomic E-state index is 12.7. The highest BCUT2D eigenvalue weighted by atomic mass is 16.5. The molecule has 0 spiro atoms. The lowest BCUT2D eigenvalue weighted by atomic mass is 10.1. The number of phenols is 1. The lowest BCUT2D eigenvalue weighted by molar-refractivity contribution is -0.131. The second kappa shape index (κ2) is 6.95. The van der Waals surface area contributed by atoms with Crippen molar-refractivity contribution >= 4 is 5.91 Å². The first-order chi connectivity index (χ1) is 11.6. The average Bonchev–Trinajstić information content (AvgIpc) is 3.37. The molecule has 3 rings (SSSR count). The zero-order valence-electron chi connectivity index (χ0n) is 14.1. The Hall–Kier alpha value is -2.49. The first-order valence-corrected chi connectivity index (χ1v) is 8.34. The van der Waals surface area contributed by atoms with E-state index in [1.165, 1.54) is 0 Å². The molecule has 1 amide bonds. The number of nitrogens with zero attached hydrogens (tertiary/aromatic N) is 1. The maximum absolute atomic E-state index is 12.7. The molecule has 0 aliphatic heterocycles. The quantitative estimate of drug-likeness (QED) is 0.883. The molecule has 1 aliphatic rings. The molecule has 2 aromatic rings. The number of aromatic hydroxyl groups is 1. The lowest BCUT2D eigenvalue weighted by Gasteiger charge is -2.19. The first kappa shape index (κ1) is 16.4. The van der Waals surface area contributed by atoms with E-state index in [4.69, 9.17) is 4.74 Å². The summed E-state index contributed by atoms with van der Waals surface area (Å²) < 4.78 is 5.63. The van der Waals surface area contributed by atoms with Crippen molar-refractivity contribution in [2.24, 2.45) is 5.92 Å². The fraction of sp³-hybridized carbons (Fsp3) is 0.350. The first-order valence-electron chi connectivity index (χ1n) is 8.34. The van der Waals surface area contributed by atoms with Gasteiger partial charge >= 0.3 is 0 Å². The molecule has 0 aromatic heterocycles. The van der Waals surface area contributed by atoms with Gasteiger partial charge in [0.2, 0.25) is 5.91 Å². The Morgan fingerprint density at radius 2 is 2.04 bits per heavy atom. The van der Waals surface area contributed by atoms with Gasteiger partial charge in [-0.2, -0.15) is 0 Å². The van der Waals surface area contributed by atoms with Gasteiger partial charge in [0.05, 0.1) is 6.61 Å². The molecule has 4 heteroatoms. The minimum absolute atomic E-state index is 0.0102. The fourth-order valence-corrected chi connectivity index (χ4v) is 3.14. The third kappa shape index (κ3) is 3.53. The van der Waals surface area contributed by atoms with E-state index in [1.807, 2.05) is 50.4 Å². The molecule has 2 aromatic carbocycles. The summed E-state index contributed by atoms with van der Waals surface area (Å²) in [7, 11) is 1.84. The van der Waals surface area contributed by atoms with Crippen LogP contribution >= 0.6 is 0 Å². The van der Waals surface area contributed by atoms with E-state index in [0.29, 0.717) is 13.2 Å². The van der Waals surface area contributed by atoms with Crippen molar-refractivity contribution in [2.75, 3.05) is 13.7 Å². The monoisotopic (exact) mass is 325 g/mol. The molecular weight excluding hydrogens is 302 g/mol. The van der Waals surface area contributed by atoms with E-state index >= 15 is 0 Å². The predicted octanol–water partition coefficient (Wildman–Crippen LogP) is 3.55. The molecule has 0 bridgehead atoms. The van der Waals surface area contributed by atoms with Gasteiger partial charge < -0.3 is 14.7 Å². The van der Waals surface area contributed by atoms with Crippen LogP contribution in [0.2, 0.25) is 0 Å². The summed E-state index contributed by atoms with van der Waals surface area (Å²) >= 11 is 0. The number of phenolic OH excluding ortho intramolecular Hbond substituents is 1. The summed E-state index contributed by atoms with van der Waals surface area (Å²) in [5, 5.41) is 9.59. The lowest BCUT2D eigenvalue weighted by Crippen LogP contribution is -2.28. The van der Waals surface area contributed by atoms with E-state index in [1.54, 1.807) is 17.0 Å². The van der Waals surface area contributed by atoms with E-state index in [2.05, 4.69) is 0 Å². The van der Waals surface area contributed by atoms with Crippen molar-refractivity contribution in [2.45, 2.75) is 25.8 Å². The van der Waals surface area contributed by atoms with Crippen molar-refractivity contribution in [1.82, 2.24) is 4.90 Å². The van der Waals surface area contributed by atoms with Crippen LogP contribution in [0, 0.1) is 5.92 Å². The molecule has 24 heavy (non-hydrogen) atoms. The van der Waals surface area contributed by atoms with Crippen LogP contribution in [-0.2, 0) is 11.3 Å². The molecular formula is C20H23NO3. The number of ether oxygens (including phenoxy) is 1. The summed E-state index contributed by atoms with van der Waals surface area (Å²) in [4.78, 5) is 14.4. The zero-order valence-corrected chi connectivity index (χ0v) is 14.1. The molecule has 126 valence electrons. The third-order valence-corrected chi connectivity index (χ3v) is 4.46. The van der Waals surface area contributed by atoms with Gasteiger partial charge in [-0.1, -0.05) is 30.3 Å². The highest BCUT2D eigenvalue weighted by Crippen LogP contribution is 2.49. The van der Waals surface area contributed by atoms with Crippen molar-refractivity contribution in [1.29, 1.82) is 0 Å². The van der Waals surface area contributed by atoms with Gasteiger partial charge in [-0.25, -0.2) is 0 Å². The van der Waals surface area contributed by atoms with Crippen LogP contribution in [-0.4, -0.2) is 29.6 Å². The van der Waals surface area contributed by atoms with Crippen molar-refractivity contribution in [3.8, 4) is 11.5 Å². The Bertz CT molecular complexity index is 728. The number of para-hydroxylation sites is 1. The van der Waals surface area contributed by atoms with Gasteiger partial charge in [-0.05, 0) is 43.0 Å². The number of carbonyl (C=O) groups is 1. The van der Waals surface area contributed by atoms with Gasteiger partial charge in [0.1, 0.15) is 11.5 Å². The van der Waals surface area contributed by atoms with Gasteiger partial charge in [0.25, 0.3) is 0 Å². The molecule has 0 heterocycles. The smallest absolute Gasteiger partial charge is 0.226 e. The van der Waals surface area contributed by atoms with E-state index < -0.39 is 0 Å². The number of hydrogen-bond acceptors (Lipinski definition) is 3. The van der Waals surface area contributed by atoms with Crippen LogP contribution in [0.3, 0.4) is 0 Å². The highest BCUT2D eigenvalue weighted by Gasteiger charge is 2.45. The van der Waals surface area contributed by atoms with Crippen molar-refractivity contribution in [3.05, 3.63) is 59.7 Å². The molecule has 1 fully saturated rings. The Balaban J connectivity index is 1.64. The van der Waals surface area contributed by atoms with Crippen LogP contribution in [0.25, 0.3) is 0 Å². The maximum Gasteiger partial charge on any atom is 0.226 e. The summed E-state index contributed by atoms with van der Waals surface area (Å²) in [6, 6.07) is 15.0. The van der Waals surface area contributed by atoms with E-state index in [-0.39, 0.29) is 23.5 Å². The Morgan fingerprint density at radius 1 is 1.25 bits per heavy atom. The van der Waals surface area contributed by atoms with Gasteiger partial charge in [0.15, 0.2) is 0 Å². The standard InChI is InChI=1S/C20H23NO3/c1-3-24-19-10-5-4-7-15(19)13-21(2)20(23)18-12-17(18)14-8-6-9-16(22)11-14/h4-11,17-18,22H,3,12-13H2,1-2H3/t17-,18+/m1/s1. The highest BCUT2D eigenvalue weighted by molar-refractivity contribution is 5.83. The normalized spacial score (nSPS) is 18.9. The number of carbonyl (C=O) groups excluding carboxylic acids is 1. The van der Waals surface area contributed by atoms with E-state index in [9.17, 15) is 9.90 Å². The largest absolute Gasteiger partial charge is 0.508 e. The average molecular weight is 325 g/mol. The Morgan fingerprint density at radius 3 is 2.79 bits per heavy atom. The predicted molar refractivity (Wildman–Crippen MR) is 93.0 cm³/mol. The molecule has 1 aliphatic carbocycles. The Labute approximate surface area is 142 Å². The van der Waals surface area contributed by atoms with Crippen LogP contribution in [0.15, 0.2) is 48.5 Å². The zero-order chi connectivity index (χ0) is 17.1. The van der Waals surface area contributed by atoms with Crippen LogP contribution in [0.4, 0.5) is 0 Å². The molecule has 1 saturated carbocycles. The van der Waals surface area contributed by atoms with Crippen LogP contribution in [0.1, 0.15) is 30.4 Å². The fourth-order valence-electron chi connectivity index (χ4n) is 3.14. The van der Waals surface area contributed by atoms with Crippen molar-refractivity contribution < 1.29 is 14.6 Å². The number of benzene rings is 2. The van der Waals surface area contributed by atoms with Crippen LogP contribution < -0.4 is 4.74 Å². The molecule has 0 unspecified atom stereocenters. The summed E-state index contributed by atoms with van der Waals surface area (Å²) in [5.74, 6) is 1.46. The Kier molecular flexibility index (Phi) is 4.74. The van der Waals surface area contributed by atoms with Gasteiger partial charge in [-0.15, -0.1) is 0 Å². The number of amides is 1. The van der Waals surface area contributed by atoms with E-state index in [0.717, 1.165) is 23.3 Å².